The third kappa shape index (κ3) is 3.58. The van der Waals surface area contributed by atoms with Crippen LogP contribution in [0.4, 0.5) is 10.1 Å². The van der Waals surface area contributed by atoms with Crippen LogP contribution >= 0.6 is 11.6 Å². The van der Waals surface area contributed by atoms with Crippen molar-refractivity contribution in [2.45, 2.75) is 13.5 Å². The summed E-state index contributed by atoms with van der Waals surface area (Å²) in [7, 11) is 0. The molecular weight excluding hydrogens is 267 g/mol. The van der Waals surface area contributed by atoms with E-state index in [4.69, 9.17) is 16.3 Å². The van der Waals surface area contributed by atoms with E-state index in [0.717, 1.165) is 17.9 Å². The van der Waals surface area contributed by atoms with Crippen LogP contribution in [0.25, 0.3) is 0 Å². The van der Waals surface area contributed by atoms with Crippen LogP contribution in [0.1, 0.15) is 12.6 Å². The zero-order valence-corrected chi connectivity index (χ0v) is 11.2. The third-order valence-corrected chi connectivity index (χ3v) is 2.78. The van der Waals surface area contributed by atoms with Crippen molar-refractivity contribution in [3.8, 4) is 5.75 Å². The Kier molecular flexibility index (Phi) is 4.58. The number of anilines is 1. The molecule has 3 nitrogen and oxygen atoms in total. The molecule has 0 radical (unpaired) electrons. The molecule has 0 aliphatic rings. The highest BCUT2D eigenvalue weighted by atomic mass is 35.5. The van der Waals surface area contributed by atoms with Gasteiger partial charge in [-0.1, -0.05) is 17.7 Å². The first kappa shape index (κ1) is 13.6. The molecule has 1 heterocycles. The zero-order chi connectivity index (χ0) is 13.7. The molecule has 0 saturated heterocycles. The first-order chi connectivity index (χ1) is 9.20. The summed E-state index contributed by atoms with van der Waals surface area (Å²) in [6, 6.07) is 8.39. The van der Waals surface area contributed by atoms with Gasteiger partial charge in [-0.05, 0) is 31.2 Å². The number of benzene rings is 1. The Labute approximate surface area is 116 Å². The highest BCUT2D eigenvalue weighted by molar-refractivity contribution is 6.30. The Morgan fingerprint density at radius 1 is 1.37 bits per heavy atom. The van der Waals surface area contributed by atoms with Gasteiger partial charge in [0.05, 0.1) is 10.7 Å². The van der Waals surface area contributed by atoms with Crippen LogP contribution in [0.3, 0.4) is 0 Å². The molecular formula is C14H14ClFN2O. The molecule has 0 amide bonds. The lowest BCUT2D eigenvalue weighted by atomic mass is 10.3. The van der Waals surface area contributed by atoms with Crippen LogP contribution < -0.4 is 10.1 Å². The van der Waals surface area contributed by atoms with Crippen LogP contribution in [0.5, 0.6) is 5.75 Å². The van der Waals surface area contributed by atoms with Crippen LogP contribution in [-0.4, -0.2) is 11.5 Å². The summed E-state index contributed by atoms with van der Waals surface area (Å²) in [4.78, 5) is 4.17. The van der Waals surface area contributed by atoms with E-state index in [-0.39, 0.29) is 17.4 Å². The van der Waals surface area contributed by atoms with Gasteiger partial charge in [0.2, 0.25) is 0 Å². The van der Waals surface area contributed by atoms with Crippen LogP contribution in [-0.2, 0) is 6.61 Å². The van der Waals surface area contributed by atoms with Crippen molar-refractivity contribution in [2.24, 2.45) is 0 Å². The predicted molar refractivity (Wildman–Crippen MR) is 74.1 cm³/mol. The summed E-state index contributed by atoms with van der Waals surface area (Å²) in [5, 5.41) is 3.22. The summed E-state index contributed by atoms with van der Waals surface area (Å²) >= 11 is 5.68. The largest absolute Gasteiger partial charge is 0.484 e. The van der Waals surface area contributed by atoms with Crippen molar-refractivity contribution >= 4 is 17.3 Å². The SMILES string of the molecule is CCNc1ccnc(COc2cccc(Cl)c2F)c1. The van der Waals surface area contributed by atoms with E-state index in [1.54, 1.807) is 12.3 Å². The third-order valence-electron chi connectivity index (χ3n) is 2.49. The maximum absolute atomic E-state index is 13.6. The number of hydrogen-bond donors (Lipinski definition) is 1. The van der Waals surface area contributed by atoms with E-state index >= 15 is 0 Å². The molecule has 0 unspecified atom stereocenters. The molecule has 1 aromatic carbocycles. The van der Waals surface area contributed by atoms with Crippen molar-refractivity contribution < 1.29 is 9.13 Å². The number of ether oxygens (including phenoxy) is 1. The summed E-state index contributed by atoms with van der Waals surface area (Å²) in [5.41, 5.74) is 1.68. The van der Waals surface area contributed by atoms with Crippen molar-refractivity contribution in [3.05, 3.63) is 53.1 Å². The van der Waals surface area contributed by atoms with E-state index in [1.165, 1.54) is 12.1 Å². The van der Waals surface area contributed by atoms with Crippen LogP contribution in [0.2, 0.25) is 5.02 Å². The highest BCUT2D eigenvalue weighted by Crippen LogP contribution is 2.24. The maximum Gasteiger partial charge on any atom is 0.183 e. The van der Waals surface area contributed by atoms with E-state index < -0.39 is 5.82 Å². The second kappa shape index (κ2) is 6.38. The maximum atomic E-state index is 13.6. The molecule has 19 heavy (non-hydrogen) atoms. The van der Waals surface area contributed by atoms with Gasteiger partial charge in [-0.2, -0.15) is 0 Å². The first-order valence-electron chi connectivity index (χ1n) is 5.96. The van der Waals surface area contributed by atoms with Gasteiger partial charge in [-0.25, -0.2) is 4.39 Å². The van der Waals surface area contributed by atoms with E-state index in [0.29, 0.717) is 0 Å². The number of halogens is 2. The molecule has 0 spiro atoms. The molecule has 1 aromatic heterocycles. The average molecular weight is 281 g/mol. The molecule has 0 aliphatic heterocycles. The number of pyridine rings is 1. The molecule has 0 atom stereocenters. The Morgan fingerprint density at radius 2 is 2.21 bits per heavy atom. The molecule has 0 saturated carbocycles. The molecule has 0 fully saturated rings. The van der Waals surface area contributed by atoms with Gasteiger partial charge < -0.3 is 10.1 Å². The fourth-order valence-corrected chi connectivity index (χ4v) is 1.78. The number of rotatable bonds is 5. The van der Waals surface area contributed by atoms with E-state index in [2.05, 4.69) is 10.3 Å². The number of nitrogens with zero attached hydrogens (tertiary/aromatic N) is 1. The quantitative estimate of drug-likeness (QED) is 0.902. The average Bonchev–Trinajstić information content (AvgIpc) is 2.41. The van der Waals surface area contributed by atoms with Crippen molar-refractivity contribution in [3.63, 3.8) is 0 Å². The second-order valence-electron chi connectivity index (χ2n) is 3.91. The molecule has 2 aromatic rings. The Morgan fingerprint density at radius 3 is 3.00 bits per heavy atom. The molecule has 1 N–H and O–H groups in total. The van der Waals surface area contributed by atoms with Gasteiger partial charge in [0, 0.05) is 18.4 Å². The standard InChI is InChI=1S/C14H14ClFN2O/c1-2-17-10-6-7-18-11(8-10)9-19-13-5-3-4-12(15)14(13)16/h3-8H,2,9H2,1H3,(H,17,18). The Balaban J connectivity index is 2.06. The minimum absolute atomic E-state index is 0.0480. The molecule has 2 rings (SSSR count). The topological polar surface area (TPSA) is 34.2 Å². The van der Waals surface area contributed by atoms with Gasteiger partial charge in [0.15, 0.2) is 11.6 Å². The van der Waals surface area contributed by atoms with Gasteiger partial charge >= 0.3 is 0 Å². The summed E-state index contributed by atoms with van der Waals surface area (Å²) in [6.07, 6.45) is 1.69. The summed E-state index contributed by atoms with van der Waals surface area (Å²) in [6.45, 7) is 3.03. The molecule has 5 heteroatoms. The first-order valence-corrected chi connectivity index (χ1v) is 6.34. The Bertz CT molecular complexity index is 563. The lowest BCUT2D eigenvalue weighted by Crippen LogP contribution is -2.02. The van der Waals surface area contributed by atoms with E-state index in [9.17, 15) is 4.39 Å². The zero-order valence-electron chi connectivity index (χ0n) is 10.5. The predicted octanol–water partition coefficient (Wildman–Crippen LogP) is 3.88. The monoisotopic (exact) mass is 280 g/mol. The number of hydrogen-bond acceptors (Lipinski definition) is 3. The number of aromatic nitrogens is 1. The Hall–Kier alpha value is -1.81. The summed E-state index contributed by atoms with van der Waals surface area (Å²) < 4.78 is 19.0. The fraction of sp³-hybridized carbons (Fsp3) is 0.214. The normalized spacial score (nSPS) is 10.3. The van der Waals surface area contributed by atoms with Gasteiger partial charge in [0.1, 0.15) is 6.61 Å². The minimum Gasteiger partial charge on any atom is -0.484 e. The lowest BCUT2D eigenvalue weighted by Gasteiger charge is -2.09. The van der Waals surface area contributed by atoms with Crippen molar-refractivity contribution in [1.82, 2.24) is 4.98 Å². The molecule has 0 bridgehead atoms. The second-order valence-corrected chi connectivity index (χ2v) is 4.31. The molecule has 0 aliphatic carbocycles. The molecule has 100 valence electrons. The minimum atomic E-state index is -0.549. The van der Waals surface area contributed by atoms with Crippen molar-refractivity contribution in [1.29, 1.82) is 0 Å². The summed E-state index contributed by atoms with van der Waals surface area (Å²) in [5.74, 6) is -0.421. The lowest BCUT2D eigenvalue weighted by molar-refractivity contribution is 0.286. The van der Waals surface area contributed by atoms with Crippen LogP contribution in [0.15, 0.2) is 36.5 Å². The van der Waals surface area contributed by atoms with E-state index in [1.807, 2.05) is 19.1 Å². The van der Waals surface area contributed by atoms with Gasteiger partial charge in [-0.3, -0.25) is 4.98 Å². The van der Waals surface area contributed by atoms with Crippen molar-refractivity contribution in [2.75, 3.05) is 11.9 Å². The fourth-order valence-electron chi connectivity index (χ4n) is 1.62. The smallest absolute Gasteiger partial charge is 0.183 e. The van der Waals surface area contributed by atoms with Gasteiger partial charge in [-0.15, -0.1) is 0 Å². The number of nitrogens with one attached hydrogen (secondary N) is 1. The highest BCUT2D eigenvalue weighted by Gasteiger charge is 2.07. The van der Waals surface area contributed by atoms with Crippen LogP contribution in [0, 0.1) is 5.82 Å². The van der Waals surface area contributed by atoms with Gasteiger partial charge in [0.25, 0.3) is 0 Å².